The summed E-state index contributed by atoms with van der Waals surface area (Å²) in [4.78, 5) is 18.8. The Bertz CT molecular complexity index is 2100. The summed E-state index contributed by atoms with van der Waals surface area (Å²) in [6.07, 6.45) is 5.24. The van der Waals surface area contributed by atoms with Crippen molar-refractivity contribution in [2.45, 2.75) is 0 Å². The molecule has 6 nitrogen and oxygen atoms in total. The van der Waals surface area contributed by atoms with Crippen molar-refractivity contribution in [1.29, 1.82) is 0 Å². The van der Waals surface area contributed by atoms with E-state index in [4.69, 9.17) is 14.4 Å². The minimum atomic E-state index is 0.576. The second kappa shape index (κ2) is 7.20. The smallest absolute Gasteiger partial charge is 0.235 e. The molecular formula is C30H17N5O. The molecular weight excluding hydrogens is 446 g/mol. The molecule has 0 aliphatic heterocycles. The Morgan fingerprint density at radius 2 is 1.39 bits per heavy atom. The van der Waals surface area contributed by atoms with E-state index in [1.54, 1.807) is 12.4 Å². The number of para-hydroxylation sites is 1. The van der Waals surface area contributed by atoms with Crippen LogP contribution in [0.3, 0.4) is 0 Å². The van der Waals surface area contributed by atoms with Gasteiger partial charge in [-0.1, -0.05) is 54.6 Å². The van der Waals surface area contributed by atoms with Crippen molar-refractivity contribution in [2.24, 2.45) is 0 Å². The SMILES string of the molecule is c1ccc(-c2ccnc(-n3c4cc5nccnc5cc4c4ccc5c6ccccc6oc5c43)n2)cc1. The van der Waals surface area contributed by atoms with Gasteiger partial charge in [-0.2, -0.15) is 0 Å². The highest BCUT2D eigenvalue weighted by Crippen LogP contribution is 2.40. The van der Waals surface area contributed by atoms with Crippen LogP contribution in [0, 0.1) is 0 Å². The van der Waals surface area contributed by atoms with Crippen LogP contribution < -0.4 is 0 Å². The number of fused-ring (bicyclic) bond motifs is 8. The summed E-state index contributed by atoms with van der Waals surface area (Å²) in [5, 5.41) is 4.24. The van der Waals surface area contributed by atoms with E-state index in [1.807, 2.05) is 48.7 Å². The van der Waals surface area contributed by atoms with Gasteiger partial charge < -0.3 is 4.42 Å². The lowest BCUT2D eigenvalue weighted by atomic mass is 10.1. The molecule has 0 atom stereocenters. The van der Waals surface area contributed by atoms with Crippen LogP contribution >= 0.6 is 0 Å². The van der Waals surface area contributed by atoms with Gasteiger partial charge in [0.15, 0.2) is 5.58 Å². The number of rotatable bonds is 2. The van der Waals surface area contributed by atoms with Crippen molar-refractivity contribution < 1.29 is 4.42 Å². The monoisotopic (exact) mass is 463 g/mol. The fourth-order valence-corrected chi connectivity index (χ4v) is 5.17. The Morgan fingerprint density at radius 1 is 0.611 bits per heavy atom. The third-order valence-electron chi connectivity index (χ3n) is 6.77. The third-order valence-corrected chi connectivity index (χ3v) is 6.77. The van der Waals surface area contributed by atoms with E-state index in [0.717, 1.165) is 66.0 Å². The van der Waals surface area contributed by atoms with E-state index < -0.39 is 0 Å². The van der Waals surface area contributed by atoms with E-state index in [1.165, 1.54) is 0 Å². The summed E-state index contributed by atoms with van der Waals surface area (Å²) in [7, 11) is 0. The second-order valence-electron chi connectivity index (χ2n) is 8.79. The van der Waals surface area contributed by atoms with Crippen LogP contribution in [0.5, 0.6) is 0 Å². The number of benzene rings is 4. The molecule has 0 amide bonds. The van der Waals surface area contributed by atoms with E-state index in [2.05, 4.69) is 57.0 Å². The highest BCUT2D eigenvalue weighted by atomic mass is 16.3. The highest BCUT2D eigenvalue weighted by molar-refractivity contribution is 6.22. The molecule has 4 aromatic carbocycles. The van der Waals surface area contributed by atoms with Gasteiger partial charge in [-0.25, -0.2) is 9.97 Å². The van der Waals surface area contributed by atoms with Crippen LogP contribution in [-0.2, 0) is 0 Å². The molecule has 0 unspecified atom stereocenters. The van der Waals surface area contributed by atoms with Gasteiger partial charge in [-0.05, 0) is 30.3 Å². The quantitative estimate of drug-likeness (QED) is 0.274. The maximum Gasteiger partial charge on any atom is 0.235 e. The Morgan fingerprint density at radius 3 is 2.28 bits per heavy atom. The molecule has 0 fully saturated rings. The minimum Gasteiger partial charge on any atom is -0.454 e. The topological polar surface area (TPSA) is 69.6 Å². The molecule has 0 aliphatic rings. The lowest BCUT2D eigenvalue weighted by Gasteiger charge is -2.08. The lowest BCUT2D eigenvalue weighted by Crippen LogP contribution is -2.02. The van der Waals surface area contributed by atoms with E-state index >= 15 is 0 Å². The first-order valence-corrected chi connectivity index (χ1v) is 11.7. The van der Waals surface area contributed by atoms with Crippen molar-refractivity contribution >= 4 is 54.8 Å². The van der Waals surface area contributed by atoms with Gasteiger partial charge in [-0.15, -0.1) is 0 Å². The first kappa shape index (κ1) is 19.2. The Kier molecular flexibility index (Phi) is 3.85. The number of hydrogen-bond donors (Lipinski definition) is 0. The van der Waals surface area contributed by atoms with Gasteiger partial charge >= 0.3 is 0 Å². The zero-order chi connectivity index (χ0) is 23.6. The molecule has 8 aromatic rings. The fraction of sp³-hybridized carbons (Fsp3) is 0. The average Bonchev–Trinajstić information content (AvgIpc) is 3.48. The van der Waals surface area contributed by atoms with Crippen molar-refractivity contribution in [1.82, 2.24) is 24.5 Å². The van der Waals surface area contributed by atoms with Crippen molar-refractivity contribution in [3.63, 3.8) is 0 Å². The summed E-state index contributed by atoms with van der Waals surface area (Å²) in [6, 6.07) is 28.6. The number of aromatic nitrogens is 5. The molecule has 0 saturated carbocycles. The third kappa shape index (κ3) is 2.66. The van der Waals surface area contributed by atoms with Crippen LogP contribution in [0.1, 0.15) is 0 Å². The molecule has 4 heterocycles. The zero-order valence-electron chi connectivity index (χ0n) is 19.0. The molecule has 6 heteroatoms. The predicted molar refractivity (Wildman–Crippen MR) is 142 cm³/mol. The normalized spacial score (nSPS) is 11.9. The first-order valence-electron chi connectivity index (χ1n) is 11.7. The van der Waals surface area contributed by atoms with Crippen molar-refractivity contribution in [3.05, 3.63) is 104 Å². The fourth-order valence-electron chi connectivity index (χ4n) is 5.17. The predicted octanol–water partition coefficient (Wildman–Crippen LogP) is 7.08. The van der Waals surface area contributed by atoms with Crippen molar-refractivity contribution in [3.8, 4) is 17.2 Å². The van der Waals surface area contributed by atoms with Gasteiger partial charge in [0.05, 0.1) is 22.2 Å². The molecule has 0 saturated heterocycles. The molecule has 0 bridgehead atoms. The summed E-state index contributed by atoms with van der Waals surface area (Å²) in [5.41, 5.74) is 7.09. The summed E-state index contributed by atoms with van der Waals surface area (Å²) >= 11 is 0. The minimum absolute atomic E-state index is 0.576. The van der Waals surface area contributed by atoms with Gasteiger partial charge in [-0.3, -0.25) is 14.5 Å². The Hall–Kier alpha value is -5.10. The molecule has 0 radical (unpaired) electrons. The summed E-state index contributed by atoms with van der Waals surface area (Å²) < 4.78 is 8.56. The summed E-state index contributed by atoms with van der Waals surface area (Å²) in [5.74, 6) is 0.576. The molecule has 0 aliphatic carbocycles. The van der Waals surface area contributed by atoms with E-state index in [0.29, 0.717) is 5.95 Å². The summed E-state index contributed by atoms with van der Waals surface area (Å²) in [6.45, 7) is 0. The first-order chi connectivity index (χ1) is 17.8. The maximum atomic E-state index is 6.46. The average molecular weight is 464 g/mol. The number of furan rings is 1. The van der Waals surface area contributed by atoms with E-state index in [9.17, 15) is 0 Å². The Balaban J connectivity index is 1.56. The molecule has 168 valence electrons. The Labute approximate surface area is 204 Å². The molecule has 4 aromatic heterocycles. The van der Waals surface area contributed by atoms with Crippen LogP contribution in [-0.4, -0.2) is 24.5 Å². The number of hydrogen-bond acceptors (Lipinski definition) is 5. The van der Waals surface area contributed by atoms with Crippen LogP contribution in [0.25, 0.3) is 72.0 Å². The molecule has 8 rings (SSSR count). The van der Waals surface area contributed by atoms with Crippen molar-refractivity contribution in [2.75, 3.05) is 0 Å². The van der Waals surface area contributed by atoms with Gasteiger partial charge in [0, 0.05) is 45.7 Å². The maximum absolute atomic E-state index is 6.46. The molecule has 0 spiro atoms. The molecule has 0 N–H and O–H groups in total. The lowest BCUT2D eigenvalue weighted by molar-refractivity contribution is 0.670. The van der Waals surface area contributed by atoms with Crippen LogP contribution in [0.15, 0.2) is 108 Å². The van der Waals surface area contributed by atoms with E-state index in [-0.39, 0.29) is 0 Å². The van der Waals surface area contributed by atoms with Crippen LogP contribution in [0.4, 0.5) is 0 Å². The largest absolute Gasteiger partial charge is 0.454 e. The molecule has 36 heavy (non-hydrogen) atoms. The number of nitrogens with zero attached hydrogens (tertiary/aromatic N) is 5. The second-order valence-corrected chi connectivity index (χ2v) is 8.79. The zero-order valence-corrected chi connectivity index (χ0v) is 19.0. The van der Waals surface area contributed by atoms with Crippen LogP contribution in [0.2, 0.25) is 0 Å². The van der Waals surface area contributed by atoms with Gasteiger partial charge in [0.2, 0.25) is 5.95 Å². The standard InChI is InChI=1S/C30H17N5O/c1-2-6-18(7-3-1)23-12-13-33-30(34-23)35-26-17-25-24(31-14-15-32-25)16-22(26)20-10-11-21-19-8-4-5-9-27(19)36-29(21)28(20)35/h1-17H. The van der Waals surface area contributed by atoms with Gasteiger partial charge in [0.1, 0.15) is 11.1 Å². The van der Waals surface area contributed by atoms with Gasteiger partial charge in [0.25, 0.3) is 0 Å². The highest BCUT2D eigenvalue weighted by Gasteiger charge is 2.21.